The Hall–Kier alpha value is -2.05. The summed E-state index contributed by atoms with van der Waals surface area (Å²) in [5, 5.41) is 3.62. The van der Waals surface area contributed by atoms with Gasteiger partial charge in [-0.1, -0.05) is 41.9 Å². The maximum atomic E-state index is 5.42. The van der Waals surface area contributed by atoms with Gasteiger partial charge in [-0.3, -0.25) is 0 Å². The third-order valence-corrected chi connectivity index (χ3v) is 5.17. The minimum absolute atomic E-state index is 0.113. The van der Waals surface area contributed by atoms with Crippen LogP contribution in [0.2, 0.25) is 0 Å². The molecule has 0 fully saturated rings. The Bertz CT molecular complexity index is 859. The van der Waals surface area contributed by atoms with Gasteiger partial charge in [0.2, 0.25) is 0 Å². The first-order valence-corrected chi connectivity index (χ1v) is 9.41. The Labute approximate surface area is 162 Å². The second kappa shape index (κ2) is 8.10. The van der Waals surface area contributed by atoms with Crippen molar-refractivity contribution in [1.29, 1.82) is 0 Å². The molecule has 0 saturated carbocycles. The van der Waals surface area contributed by atoms with Crippen LogP contribution in [0.15, 0.2) is 40.9 Å². The summed E-state index contributed by atoms with van der Waals surface area (Å²) in [7, 11) is 3.28. The zero-order valence-corrected chi connectivity index (χ0v) is 17.1. The Balaban J connectivity index is 1.83. The van der Waals surface area contributed by atoms with Gasteiger partial charge in [-0.05, 0) is 35.7 Å². The summed E-state index contributed by atoms with van der Waals surface area (Å²) in [5.41, 5.74) is 3.15. The molecule has 0 aliphatic rings. The minimum Gasteiger partial charge on any atom is -0.493 e. The van der Waals surface area contributed by atoms with Gasteiger partial charge in [-0.15, -0.1) is 0 Å². The maximum absolute atomic E-state index is 5.42. The summed E-state index contributed by atoms with van der Waals surface area (Å²) in [6, 6.07) is 12.1. The smallest absolute Gasteiger partial charge is 0.161 e. The number of ether oxygens (including phenoxy) is 2. The van der Waals surface area contributed by atoms with Crippen LogP contribution >= 0.6 is 15.9 Å². The number of aromatic amines is 1. The van der Waals surface area contributed by atoms with Crippen molar-refractivity contribution < 1.29 is 9.47 Å². The van der Waals surface area contributed by atoms with E-state index < -0.39 is 0 Å². The third-order valence-electron chi connectivity index (χ3n) is 4.43. The van der Waals surface area contributed by atoms with Crippen LogP contribution in [0.5, 0.6) is 11.5 Å². The van der Waals surface area contributed by atoms with Gasteiger partial charge in [0, 0.05) is 11.0 Å². The van der Waals surface area contributed by atoms with Crippen LogP contribution < -0.4 is 14.8 Å². The fourth-order valence-electron chi connectivity index (χ4n) is 3.02. The largest absolute Gasteiger partial charge is 0.493 e. The van der Waals surface area contributed by atoms with Gasteiger partial charge >= 0.3 is 0 Å². The molecule has 2 N–H and O–H groups in total. The van der Waals surface area contributed by atoms with E-state index in [2.05, 4.69) is 40.1 Å². The number of hydrogen-bond donors (Lipinski definition) is 2. The van der Waals surface area contributed by atoms with Crippen molar-refractivity contribution in [3.63, 3.8) is 0 Å². The molecule has 1 atom stereocenters. The summed E-state index contributed by atoms with van der Waals surface area (Å²) in [6.07, 6.45) is 0. The molecular weight excluding hydrogens is 394 g/mol. The molecular formula is C20H24BrN3O2. The van der Waals surface area contributed by atoms with Crippen LogP contribution in [0.3, 0.4) is 0 Å². The molecule has 0 saturated heterocycles. The lowest BCUT2D eigenvalue weighted by Crippen LogP contribution is -2.26. The van der Waals surface area contributed by atoms with E-state index in [1.54, 1.807) is 14.2 Å². The van der Waals surface area contributed by atoms with Gasteiger partial charge in [0.25, 0.3) is 0 Å². The van der Waals surface area contributed by atoms with E-state index in [1.165, 1.54) is 0 Å². The number of rotatable bonds is 7. The first kappa shape index (κ1) is 18.7. The number of nitrogens with zero attached hydrogens (tertiary/aromatic N) is 1. The first-order valence-electron chi connectivity index (χ1n) is 8.62. The number of benzene rings is 2. The molecule has 0 unspecified atom stereocenters. The fraction of sp³-hybridized carbons (Fsp3) is 0.350. The van der Waals surface area contributed by atoms with Crippen molar-refractivity contribution in [1.82, 2.24) is 15.3 Å². The monoisotopic (exact) mass is 417 g/mol. The number of methoxy groups -OCH3 is 2. The molecule has 5 nitrogen and oxygen atoms in total. The van der Waals surface area contributed by atoms with E-state index in [9.17, 15) is 0 Å². The van der Waals surface area contributed by atoms with Gasteiger partial charge in [0.1, 0.15) is 5.82 Å². The van der Waals surface area contributed by atoms with E-state index in [4.69, 9.17) is 14.5 Å². The summed E-state index contributed by atoms with van der Waals surface area (Å²) >= 11 is 3.62. The van der Waals surface area contributed by atoms with Crippen molar-refractivity contribution >= 4 is 27.0 Å². The number of hydrogen-bond acceptors (Lipinski definition) is 4. The van der Waals surface area contributed by atoms with Crippen LogP contribution in [-0.2, 0) is 6.54 Å². The minimum atomic E-state index is 0.113. The highest BCUT2D eigenvalue weighted by molar-refractivity contribution is 9.10. The lowest BCUT2D eigenvalue weighted by molar-refractivity contribution is 0.353. The van der Waals surface area contributed by atoms with Crippen LogP contribution in [-0.4, -0.2) is 24.2 Å². The molecule has 3 rings (SSSR count). The number of aromatic nitrogens is 2. The lowest BCUT2D eigenvalue weighted by atomic mass is 10.0. The maximum Gasteiger partial charge on any atom is 0.161 e. The Morgan fingerprint density at radius 3 is 2.46 bits per heavy atom. The predicted molar refractivity (Wildman–Crippen MR) is 108 cm³/mol. The molecule has 3 aromatic rings. The van der Waals surface area contributed by atoms with Gasteiger partial charge in [-0.2, -0.15) is 0 Å². The van der Waals surface area contributed by atoms with Gasteiger partial charge in [0.15, 0.2) is 11.5 Å². The summed E-state index contributed by atoms with van der Waals surface area (Å²) in [4.78, 5) is 8.19. The Morgan fingerprint density at radius 1 is 1.12 bits per heavy atom. The standard InChI is InChI=1S/C20H24BrN3O2/c1-12(2)19(20-23-15-7-5-6-8-16(15)24-20)22-11-13-9-17(25-3)18(26-4)10-14(13)21/h5-10,12,19,22H,11H2,1-4H3,(H,23,24)/t19-/m0/s1. The zero-order valence-electron chi connectivity index (χ0n) is 15.5. The van der Waals surface area contributed by atoms with E-state index in [0.717, 1.165) is 32.6 Å². The molecule has 1 heterocycles. The average molecular weight is 418 g/mol. The molecule has 6 heteroatoms. The Morgan fingerprint density at radius 2 is 1.81 bits per heavy atom. The molecule has 0 amide bonds. The summed E-state index contributed by atoms with van der Waals surface area (Å²) in [6.45, 7) is 5.06. The molecule has 0 bridgehead atoms. The number of H-pyrrole nitrogens is 1. The third kappa shape index (κ3) is 3.86. The predicted octanol–water partition coefficient (Wildman–Crippen LogP) is 4.83. The highest BCUT2D eigenvalue weighted by Crippen LogP contribution is 2.33. The highest BCUT2D eigenvalue weighted by Gasteiger charge is 2.20. The summed E-state index contributed by atoms with van der Waals surface area (Å²) in [5.74, 6) is 2.77. The number of para-hydroxylation sites is 2. The second-order valence-corrected chi connectivity index (χ2v) is 7.39. The Kier molecular flexibility index (Phi) is 5.84. The molecule has 26 heavy (non-hydrogen) atoms. The van der Waals surface area contributed by atoms with Crippen molar-refractivity contribution in [2.24, 2.45) is 5.92 Å². The normalized spacial score (nSPS) is 12.5. The van der Waals surface area contributed by atoms with E-state index >= 15 is 0 Å². The van der Waals surface area contributed by atoms with Crippen LogP contribution in [0, 0.1) is 5.92 Å². The van der Waals surface area contributed by atoms with Crippen LogP contribution in [0.4, 0.5) is 0 Å². The number of halogens is 1. The molecule has 1 aromatic heterocycles. The average Bonchev–Trinajstić information content (AvgIpc) is 3.06. The van der Waals surface area contributed by atoms with Crippen molar-refractivity contribution in [2.75, 3.05) is 14.2 Å². The van der Waals surface area contributed by atoms with E-state index in [-0.39, 0.29) is 6.04 Å². The molecule has 0 radical (unpaired) electrons. The highest BCUT2D eigenvalue weighted by atomic mass is 79.9. The quantitative estimate of drug-likeness (QED) is 0.577. The SMILES string of the molecule is COc1cc(Br)c(CN[C@H](c2nc3ccccc3[nH]2)C(C)C)cc1OC. The zero-order chi connectivity index (χ0) is 18.7. The molecule has 0 spiro atoms. The van der Waals surface area contributed by atoms with Crippen molar-refractivity contribution in [3.05, 3.63) is 52.3 Å². The second-order valence-electron chi connectivity index (χ2n) is 6.54. The molecule has 0 aliphatic heterocycles. The summed E-state index contributed by atoms with van der Waals surface area (Å²) < 4.78 is 11.7. The molecule has 0 aliphatic carbocycles. The van der Waals surface area contributed by atoms with Gasteiger partial charge in [-0.25, -0.2) is 4.98 Å². The fourth-order valence-corrected chi connectivity index (χ4v) is 3.48. The lowest BCUT2D eigenvalue weighted by Gasteiger charge is -2.21. The first-order chi connectivity index (χ1) is 12.5. The molecule has 138 valence electrons. The number of imidazole rings is 1. The van der Waals surface area contributed by atoms with Gasteiger partial charge < -0.3 is 19.8 Å². The van der Waals surface area contributed by atoms with Crippen molar-refractivity contribution in [3.8, 4) is 11.5 Å². The van der Waals surface area contributed by atoms with Crippen LogP contribution in [0.1, 0.15) is 31.3 Å². The van der Waals surface area contributed by atoms with Crippen molar-refractivity contribution in [2.45, 2.75) is 26.4 Å². The van der Waals surface area contributed by atoms with E-state index in [0.29, 0.717) is 18.2 Å². The topological polar surface area (TPSA) is 59.2 Å². The van der Waals surface area contributed by atoms with Crippen LogP contribution in [0.25, 0.3) is 11.0 Å². The van der Waals surface area contributed by atoms with E-state index in [1.807, 2.05) is 36.4 Å². The van der Waals surface area contributed by atoms with Gasteiger partial charge in [0.05, 0.1) is 31.3 Å². The molecule has 2 aromatic carbocycles. The number of fused-ring (bicyclic) bond motifs is 1. The number of nitrogens with one attached hydrogen (secondary N) is 2.